The van der Waals surface area contributed by atoms with E-state index in [0.29, 0.717) is 29.1 Å². The topological polar surface area (TPSA) is 70.7 Å². The number of ether oxygens (including phenoxy) is 1. The minimum atomic E-state index is -0.408. The summed E-state index contributed by atoms with van der Waals surface area (Å²) in [5.74, 6) is -0.623. The fraction of sp³-hybridized carbons (Fsp3) is 0.267. The summed E-state index contributed by atoms with van der Waals surface area (Å²) in [7, 11) is 0. The summed E-state index contributed by atoms with van der Waals surface area (Å²) in [6, 6.07) is 23.4. The first-order chi connectivity index (χ1) is 17.5. The van der Waals surface area contributed by atoms with Crippen LogP contribution >= 0.6 is 0 Å². The number of fused-ring (bicyclic) bond motifs is 1. The molecule has 0 atom stereocenters. The lowest BCUT2D eigenvalue weighted by Gasteiger charge is -2.18. The molecule has 6 heteroatoms. The van der Waals surface area contributed by atoms with E-state index in [9.17, 15) is 9.59 Å². The Morgan fingerprint density at radius 3 is 2.31 bits per heavy atom. The summed E-state index contributed by atoms with van der Waals surface area (Å²) >= 11 is 0. The molecule has 0 aliphatic carbocycles. The van der Waals surface area contributed by atoms with Gasteiger partial charge in [-0.2, -0.15) is 0 Å². The second-order valence-corrected chi connectivity index (χ2v) is 8.65. The summed E-state index contributed by atoms with van der Waals surface area (Å²) in [6.07, 6.45) is 0.993. The third-order valence-electron chi connectivity index (χ3n) is 6.42. The van der Waals surface area contributed by atoms with Gasteiger partial charge in [-0.1, -0.05) is 62.4 Å². The van der Waals surface area contributed by atoms with Crippen LogP contribution in [-0.4, -0.2) is 43.0 Å². The second kappa shape index (κ2) is 11.7. The molecule has 0 aromatic heterocycles. The molecule has 0 saturated carbocycles. The fourth-order valence-electron chi connectivity index (χ4n) is 4.37. The molecule has 1 aliphatic rings. The minimum absolute atomic E-state index is 0.215. The number of anilines is 2. The smallest absolute Gasteiger partial charge is 0.338 e. The zero-order chi connectivity index (χ0) is 25.5. The Morgan fingerprint density at radius 1 is 0.917 bits per heavy atom. The van der Waals surface area contributed by atoms with Crippen molar-refractivity contribution in [1.29, 1.82) is 0 Å². The van der Waals surface area contributed by atoms with Crippen LogP contribution in [0.4, 0.5) is 11.4 Å². The summed E-state index contributed by atoms with van der Waals surface area (Å²) < 4.78 is 5.11. The van der Waals surface area contributed by atoms with Crippen LogP contribution in [0.1, 0.15) is 47.8 Å². The van der Waals surface area contributed by atoms with Crippen molar-refractivity contribution in [2.45, 2.75) is 27.2 Å². The van der Waals surface area contributed by atoms with Crippen LogP contribution in [0.15, 0.2) is 72.8 Å². The third kappa shape index (κ3) is 5.66. The molecular weight excluding hydrogens is 450 g/mol. The van der Waals surface area contributed by atoms with Gasteiger partial charge in [-0.05, 0) is 61.8 Å². The second-order valence-electron chi connectivity index (χ2n) is 8.65. The molecule has 1 heterocycles. The Labute approximate surface area is 213 Å². The summed E-state index contributed by atoms with van der Waals surface area (Å²) in [6.45, 7) is 9.56. The first kappa shape index (κ1) is 25.2. The highest BCUT2D eigenvalue weighted by atomic mass is 16.5. The predicted molar refractivity (Wildman–Crippen MR) is 146 cm³/mol. The zero-order valence-corrected chi connectivity index (χ0v) is 21.1. The van der Waals surface area contributed by atoms with Crippen molar-refractivity contribution in [2.75, 3.05) is 36.9 Å². The van der Waals surface area contributed by atoms with Crippen molar-refractivity contribution in [1.82, 2.24) is 4.90 Å². The molecule has 3 aromatic rings. The maximum Gasteiger partial charge on any atom is 0.338 e. The molecule has 6 nitrogen and oxygen atoms in total. The normalized spacial score (nSPS) is 13.8. The largest absolute Gasteiger partial charge is 0.462 e. The molecule has 0 unspecified atom stereocenters. The molecular formula is C30H33N3O3. The van der Waals surface area contributed by atoms with E-state index < -0.39 is 5.97 Å². The first-order valence-electron chi connectivity index (χ1n) is 12.5. The molecule has 0 bridgehead atoms. The SMILES string of the molecule is CCOC(=O)c1ccc2c(c1)NC(=O)C2=C(Nc1ccc(CCN(CC)CC)cc1)c1ccccc1. The van der Waals surface area contributed by atoms with E-state index in [1.165, 1.54) is 5.56 Å². The van der Waals surface area contributed by atoms with Crippen LogP contribution in [0.3, 0.4) is 0 Å². The predicted octanol–water partition coefficient (Wildman–Crippen LogP) is 5.68. The van der Waals surface area contributed by atoms with Crippen LogP contribution in [0.25, 0.3) is 11.3 Å². The number of nitrogens with one attached hydrogen (secondary N) is 2. The number of rotatable bonds is 10. The number of benzene rings is 3. The lowest BCUT2D eigenvalue weighted by molar-refractivity contribution is -0.110. The van der Waals surface area contributed by atoms with Gasteiger partial charge in [-0.15, -0.1) is 0 Å². The van der Waals surface area contributed by atoms with E-state index in [-0.39, 0.29) is 5.91 Å². The number of nitrogens with zero attached hydrogens (tertiary/aromatic N) is 1. The molecule has 1 amide bonds. The van der Waals surface area contributed by atoms with Crippen LogP contribution in [0, 0.1) is 0 Å². The molecule has 0 radical (unpaired) electrons. The molecule has 36 heavy (non-hydrogen) atoms. The number of esters is 1. The number of amides is 1. The van der Waals surface area contributed by atoms with Crippen molar-refractivity contribution >= 4 is 34.5 Å². The minimum Gasteiger partial charge on any atom is -0.462 e. The number of carbonyl (C=O) groups is 2. The Balaban J connectivity index is 1.66. The summed E-state index contributed by atoms with van der Waals surface area (Å²) in [4.78, 5) is 27.8. The first-order valence-corrected chi connectivity index (χ1v) is 12.5. The Bertz CT molecular complexity index is 1250. The highest BCUT2D eigenvalue weighted by Gasteiger charge is 2.29. The van der Waals surface area contributed by atoms with Crippen molar-refractivity contribution in [2.24, 2.45) is 0 Å². The van der Waals surface area contributed by atoms with Gasteiger partial charge in [0, 0.05) is 17.8 Å². The molecule has 2 N–H and O–H groups in total. The molecule has 0 saturated heterocycles. The lowest BCUT2D eigenvalue weighted by atomic mass is 9.99. The highest BCUT2D eigenvalue weighted by Crippen LogP contribution is 2.38. The van der Waals surface area contributed by atoms with E-state index in [2.05, 4.69) is 53.6 Å². The van der Waals surface area contributed by atoms with Gasteiger partial charge >= 0.3 is 5.97 Å². The lowest BCUT2D eigenvalue weighted by Crippen LogP contribution is -2.25. The van der Waals surface area contributed by atoms with Crippen molar-refractivity contribution < 1.29 is 14.3 Å². The third-order valence-corrected chi connectivity index (χ3v) is 6.42. The van der Waals surface area contributed by atoms with Gasteiger partial charge in [0.25, 0.3) is 5.91 Å². The molecule has 1 aliphatic heterocycles. The molecule has 4 rings (SSSR count). The van der Waals surface area contributed by atoms with Gasteiger partial charge in [0.05, 0.1) is 29.1 Å². The zero-order valence-electron chi connectivity index (χ0n) is 21.1. The van der Waals surface area contributed by atoms with Gasteiger partial charge < -0.3 is 20.3 Å². The van der Waals surface area contributed by atoms with Gasteiger partial charge in [0.2, 0.25) is 0 Å². The standard InChI is InChI=1S/C30H33N3O3/c1-4-33(5-2)19-18-21-12-15-24(16-13-21)31-28(22-10-8-7-9-11-22)27-25-17-14-23(30(35)36-6-3)20-26(25)32-29(27)34/h7-17,20,31H,4-6,18-19H2,1-3H3,(H,32,34). The molecule has 186 valence electrons. The monoisotopic (exact) mass is 483 g/mol. The van der Waals surface area contributed by atoms with Gasteiger partial charge in [0.15, 0.2) is 0 Å². The number of carbonyl (C=O) groups excluding carboxylic acids is 2. The van der Waals surface area contributed by atoms with Gasteiger partial charge in [-0.25, -0.2) is 4.79 Å². The van der Waals surface area contributed by atoms with E-state index >= 15 is 0 Å². The number of hydrogen-bond donors (Lipinski definition) is 2. The van der Waals surface area contributed by atoms with Crippen LogP contribution in [-0.2, 0) is 16.0 Å². The summed E-state index contributed by atoms with van der Waals surface area (Å²) in [5, 5.41) is 6.42. The highest BCUT2D eigenvalue weighted by molar-refractivity contribution is 6.37. The molecule has 0 spiro atoms. The van der Waals surface area contributed by atoms with Crippen LogP contribution in [0.2, 0.25) is 0 Å². The van der Waals surface area contributed by atoms with Crippen molar-refractivity contribution in [3.63, 3.8) is 0 Å². The summed E-state index contributed by atoms with van der Waals surface area (Å²) in [5.41, 5.74) is 6.08. The van der Waals surface area contributed by atoms with E-state index in [1.807, 2.05) is 30.3 Å². The number of hydrogen-bond acceptors (Lipinski definition) is 5. The number of likely N-dealkylation sites (N-methyl/N-ethyl adjacent to an activating group) is 1. The van der Waals surface area contributed by atoms with Crippen molar-refractivity contribution in [3.8, 4) is 0 Å². The van der Waals surface area contributed by atoms with E-state index in [4.69, 9.17) is 4.74 Å². The molecule has 3 aromatic carbocycles. The van der Waals surface area contributed by atoms with Crippen LogP contribution < -0.4 is 10.6 Å². The molecule has 0 fully saturated rings. The fourth-order valence-corrected chi connectivity index (χ4v) is 4.37. The van der Waals surface area contributed by atoms with Gasteiger partial charge in [0.1, 0.15) is 0 Å². The van der Waals surface area contributed by atoms with Crippen LogP contribution in [0.5, 0.6) is 0 Å². The maximum absolute atomic E-state index is 13.2. The Kier molecular flexibility index (Phi) is 8.18. The maximum atomic E-state index is 13.2. The van der Waals surface area contributed by atoms with Gasteiger partial charge in [-0.3, -0.25) is 4.79 Å². The Morgan fingerprint density at radius 2 is 1.64 bits per heavy atom. The van der Waals surface area contributed by atoms with E-state index in [1.54, 1.807) is 25.1 Å². The average Bonchev–Trinajstić information content (AvgIpc) is 3.24. The average molecular weight is 484 g/mol. The van der Waals surface area contributed by atoms with Crippen molar-refractivity contribution in [3.05, 3.63) is 95.1 Å². The van der Waals surface area contributed by atoms with E-state index in [0.717, 1.165) is 42.9 Å². The quantitative estimate of drug-likeness (QED) is 0.287. The Hall–Kier alpha value is -3.90.